The Morgan fingerprint density at radius 2 is 2.12 bits per heavy atom. The minimum absolute atomic E-state index is 0.659. The molecule has 1 aromatic carbocycles. The van der Waals surface area contributed by atoms with E-state index >= 15 is 0 Å². The van der Waals surface area contributed by atoms with Crippen molar-refractivity contribution in [1.29, 1.82) is 0 Å². The van der Waals surface area contributed by atoms with Crippen LogP contribution >= 0.6 is 27.5 Å². The summed E-state index contributed by atoms with van der Waals surface area (Å²) in [5.74, 6) is 1.55. The number of imidazole rings is 1. The van der Waals surface area contributed by atoms with Gasteiger partial charge >= 0.3 is 0 Å². The van der Waals surface area contributed by atoms with E-state index in [2.05, 4.69) is 20.9 Å². The van der Waals surface area contributed by atoms with E-state index in [0.717, 1.165) is 21.6 Å². The molecule has 0 aliphatic carbocycles. The van der Waals surface area contributed by atoms with E-state index in [-0.39, 0.29) is 0 Å². The molecule has 0 aliphatic rings. The maximum Gasteiger partial charge on any atom is 0.131 e. The molecule has 3 nitrogen and oxygen atoms in total. The fourth-order valence-electron chi connectivity index (χ4n) is 1.48. The van der Waals surface area contributed by atoms with Gasteiger partial charge < -0.3 is 10.3 Å². The Bertz CT molecular complexity index is 548. The summed E-state index contributed by atoms with van der Waals surface area (Å²) in [4.78, 5) is 4.42. The van der Waals surface area contributed by atoms with Crippen molar-refractivity contribution in [1.82, 2.24) is 9.55 Å². The quantitative estimate of drug-likeness (QED) is 0.877. The average molecular weight is 301 g/mol. The van der Waals surface area contributed by atoms with Crippen molar-refractivity contribution < 1.29 is 0 Å². The normalized spacial score (nSPS) is 10.8. The van der Waals surface area contributed by atoms with Crippen LogP contribution in [-0.4, -0.2) is 9.55 Å². The van der Waals surface area contributed by atoms with Crippen molar-refractivity contribution in [2.24, 2.45) is 7.05 Å². The number of hydrogen-bond acceptors (Lipinski definition) is 2. The van der Waals surface area contributed by atoms with Crippen LogP contribution in [0.25, 0.3) is 11.3 Å². The van der Waals surface area contributed by atoms with Gasteiger partial charge in [-0.2, -0.15) is 0 Å². The van der Waals surface area contributed by atoms with Gasteiger partial charge in [0.2, 0.25) is 0 Å². The summed E-state index contributed by atoms with van der Waals surface area (Å²) in [5.41, 5.74) is 7.72. The molecule has 0 spiro atoms. The maximum atomic E-state index is 5.98. The molecule has 84 valence electrons. The molecule has 0 amide bonds. The minimum Gasteiger partial charge on any atom is -0.383 e. The Morgan fingerprint density at radius 1 is 1.44 bits per heavy atom. The van der Waals surface area contributed by atoms with Crippen LogP contribution in [-0.2, 0) is 7.05 Å². The molecule has 0 bridgehead atoms. The summed E-state index contributed by atoms with van der Waals surface area (Å²) >= 11 is 9.33. The smallest absolute Gasteiger partial charge is 0.131 e. The number of halogens is 2. The molecule has 5 heteroatoms. The summed E-state index contributed by atoms with van der Waals surface area (Å²) in [6.07, 6.45) is 0. The fraction of sp³-hybridized carbons (Fsp3) is 0.182. The standard InChI is InChI=1S/C11H11BrClN3/c1-6-15-10(11(14)16(6)2)7-3-4-9(13)8(12)5-7/h3-5H,14H2,1-2H3. The number of aryl methyl sites for hydroxylation is 1. The zero-order valence-electron chi connectivity index (χ0n) is 8.96. The lowest BCUT2D eigenvalue weighted by atomic mass is 10.1. The number of hydrogen-bond donors (Lipinski definition) is 1. The monoisotopic (exact) mass is 299 g/mol. The summed E-state index contributed by atoms with van der Waals surface area (Å²) in [6.45, 7) is 1.92. The SMILES string of the molecule is Cc1nc(-c2ccc(Cl)c(Br)c2)c(N)n1C. The Labute approximate surface area is 107 Å². The molecule has 0 saturated carbocycles. The lowest BCUT2D eigenvalue weighted by Crippen LogP contribution is -1.98. The van der Waals surface area contributed by atoms with E-state index in [0.29, 0.717) is 10.8 Å². The predicted molar refractivity (Wildman–Crippen MR) is 70.5 cm³/mol. The largest absolute Gasteiger partial charge is 0.383 e. The van der Waals surface area contributed by atoms with Gasteiger partial charge in [0.15, 0.2) is 0 Å². The third kappa shape index (κ3) is 1.83. The third-order valence-electron chi connectivity index (χ3n) is 2.56. The van der Waals surface area contributed by atoms with Gasteiger partial charge in [0.25, 0.3) is 0 Å². The Morgan fingerprint density at radius 3 is 2.62 bits per heavy atom. The first kappa shape index (κ1) is 11.5. The van der Waals surface area contributed by atoms with E-state index in [4.69, 9.17) is 17.3 Å². The molecule has 0 aliphatic heterocycles. The summed E-state index contributed by atoms with van der Waals surface area (Å²) < 4.78 is 2.70. The van der Waals surface area contributed by atoms with Gasteiger partial charge in [-0.1, -0.05) is 17.7 Å². The topological polar surface area (TPSA) is 43.8 Å². The van der Waals surface area contributed by atoms with E-state index in [1.54, 1.807) is 0 Å². The summed E-state index contributed by atoms with van der Waals surface area (Å²) in [5, 5.41) is 0.676. The first-order valence-electron chi connectivity index (χ1n) is 4.75. The van der Waals surface area contributed by atoms with Gasteiger partial charge in [-0.05, 0) is 35.0 Å². The highest BCUT2D eigenvalue weighted by Crippen LogP contribution is 2.31. The van der Waals surface area contributed by atoms with Crippen molar-refractivity contribution in [3.8, 4) is 11.3 Å². The number of nitrogens with zero attached hydrogens (tertiary/aromatic N) is 2. The zero-order chi connectivity index (χ0) is 11.9. The van der Waals surface area contributed by atoms with Crippen LogP contribution in [0.3, 0.4) is 0 Å². The van der Waals surface area contributed by atoms with Crippen molar-refractivity contribution in [2.45, 2.75) is 6.92 Å². The first-order chi connectivity index (χ1) is 7.50. The van der Waals surface area contributed by atoms with Gasteiger partial charge in [-0.15, -0.1) is 0 Å². The molecule has 0 fully saturated rings. The van der Waals surface area contributed by atoms with Gasteiger partial charge in [-0.3, -0.25) is 0 Å². The van der Waals surface area contributed by atoms with Gasteiger partial charge in [-0.25, -0.2) is 4.98 Å². The molecule has 2 N–H and O–H groups in total. The number of anilines is 1. The number of benzene rings is 1. The maximum absolute atomic E-state index is 5.98. The molecule has 16 heavy (non-hydrogen) atoms. The van der Waals surface area contributed by atoms with Gasteiger partial charge in [0.05, 0.1) is 5.02 Å². The van der Waals surface area contributed by atoms with Crippen LogP contribution in [0.15, 0.2) is 22.7 Å². The van der Waals surface area contributed by atoms with Crippen molar-refractivity contribution in [2.75, 3.05) is 5.73 Å². The van der Waals surface area contributed by atoms with Gasteiger partial charge in [0.1, 0.15) is 17.3 Å². The molecule has 0 saturated heterocycles. The van der Waals surface area contributed by atoms with Crippen LogP contribution in [0.2, 0.25) is 5.02 Å². The van der Waals surface area contributed by atoms with E-state index in [1.807, 2.05) is 36.7 Å². The highest BCUT2D eigenvalue weighted by Gasteiger charge is 2.11. The Hall–Kier alpha value is -1.00. The second kappa shape index (κ2) is 4.11. The second-order valence-electron chi connectivity index (χ2n) is 3.58. The highest BCUT2D eigenvalue weighted by atomic mass is 79.9. The molecular formula is C11H11BrClN3. The average Bonchev–Trinajstić information content (AvgIpc) is 2.50. The number of aromatic nitrogens is 2. The highest BCUT2D eigenvalue weighted by molar-refractivity contribution is 9.10. The van der Waals surface area contributed by atoms with Gasteiger partial charge in [0, 0.05) is 17.1 Å². The number of nitrogen functional groups attached to an aromatic ring is 1. The number of rotatable bonds is 1. The minimum atomic E-state index is 0.659. The van der Waals surface area contributed by atoms with E-state index < -0.39 is 0 Å². The second-order valence-corrected chi connectivity index (χ2v) is 4.84. The van der Waals surface area contributed by atoms with Crippen molar-refractivity contribution in [3.63, 3.8) is 0 Å². The predicted octanol–water partition coefficient (Wildman–Crippen LogP) is 3.39. The lowest BCUT2D eigenvalue weighted by Gasteiger charge is -2.02. The zero-order valence-corrected chi connectivity index (χ0v) is 11.3. The Balaban J connectivity index is 2.59. The fourth-order valence-corrected chi connectivity index (χ4v) is 1.98. The summed E-state index contributed by atoms with van der Waals surface area (Å²) in [6, 6.07) is 5.65. The van der Waals surface area contributed by atoms with E-state index in [9.17, 15) is 0 Å². The molecule has 0 radical (unpaired) electrons. The number of nitrogens with two attached hydrogens (primary N) is 1. The van der Waals surface area contributed by atoms with Crippen LogP contribution in [0.5, 0.6) is 0 Å². The van der Waals surface area contributed by atoms with Crippen LogP contribution in [0.1, 0.15) is 5.82 Å². The first-order valence-corrected chi connectivity index (χ1v) is 5.92. The molecule has 1 heterocycles. The molecular weight excluding hydrogens is 289 g/mol. The molecule has 0 atom stereocenters. The van der Waals surface area contributed by atoms with E-state index in [1.165, 1.54) is 0 Å². The third-order valence-corrected chi connectivity index (χ3v) is 3.77. The molecule has 2 aromatic rings. The molecule has 2 rings (SSSR count). The Kier molecular flexibility index (Phi) is 2.95. The summed E-state index contributed by atoms with van der Waals surface area (Å²) in [7, 11) is 1.89. The van der Waals surface area contributed by atoms with Crippen LogP contribution in [0.4, 0.5) is 5.82 Å². The lowest BCUT2D eigenvalue weighted by molar-refractivity contribution is 0.868. The molecule has 0 unspecified atom stereocenters. The van der Waals surface area contributed by atoms with Crippen LogP contribution in [0, 0.1) is 6.92 Å². The van der Waals surface area contributed by atoms with Crippen molar-refractivity contribution >= 4 is 33.3 Å². The molecule has 1 aromatic heterocycles. The van der Waals surface area contributed by atoms with Crippen molar-refractivity contribution in [3.05, 3.63) is 33.5 Å². The van der Waals surface area contributed by atoms with Crippen LogP contribution < -0.4 is 5.73 Å².